The molecule has 1 aliphatic heterocycles. The number of carbonyl (C=O) groups is 3. The highest BCUT2D eigenvalue weighted by Gasteiger charge is 2.27. The molecule has 0 saturated carbocycles. The molecular formula is C25H30N6O5. The van der Waals surface area contributed by atoms with Gasteiger partial charge in [0.15, 0.2) is 17.1 Å². The minimum Gasteiger partial charge on any atom is -0.446 e. The summed E-state index contributed by atoms with van der Waals surface area (Å²) >= 11 is 0. The molecule has 0 unspecified atom stereocenters. The van der Waals surface area contributed by atoms with Gasteiger partial charge in [-0.1, -0.05) is 49.3 Å². The summed E-state index contributed by atoms with van der Waals surface area (Å²) in [5.74, 6) is -0.412. The molecular weight excluding hydrogens is 464 g/mol. The number of aromatic nitrogens is 2. The van der Waals surface area contributed by atoms with Crippen molar-refractivity contribution < 1.29 is 23.3 Å². The van der Waals surface area contributed by atoms with Crippen LogP contribution < -0.4 is 21.3 Å². The average molecular weight is 495 g/mol. The van der Waals surface area contributed by atoms with Gasteiger partial charge in [-0.15, -0.1) is 0 Å². The molecule has 2 aromatic heterocycles. The standard InChI is InChI=1S/C25H30N6O5/c1-15(2)10-20-25-30-21(14-35-25)24(34)28-18(11-16-6-4-3-5-7-16)22(32)27-9-8-26-13-17-12-19(31-36-17)23(33)29-20/h3-7,12,14-15,18,20,26H,8-11,13H2,1-2H3,(H,27,32)(H,28,34)(H,29,33)/t18-,20+/m0/s1. The zero-order valence-electron chi connectivity index (χ0n) is 20.2. The van der Waals surface area contributed by atoms with E-state index in [4.69, 9.17) is 8.94 Å². The Kier molecular flexibility index (Phi) is 8.11. The number of fused-ring (bicyclic) bond motifs is 4. The molecule has 3 amide bonds. The normalized spacial score (nSPS) is 19.7. The van der Waals surface area contributed by atoms with Crippen LogP contribution >= 0.6 is 0 Å². The maximum absolute atomic E-state index is 13.0. The van der Waals surface area contributed by atoms with Crippen molar-refractivity contribution in [2.75, 3.05) is 13.1 Å². The molecule has 0 aliphatic carbocycles. The Morgan fingerprint density at radius 3 is 2.53 bits per heavy atom. The molecule has 4 rings (SSSR count). The van der Waals surface area contributed by atoms with Gasteiger partial charge in [0.05, 0.1) is 6.54 Å². The molecule has 3 aromatic rings. The van der Waals surface area contributed by atoms with Crippen LogP contribution in [-0.2, 0) is 17.8 Å². The lowest BCUT2D eigenvalue weighted by Gasteiger charge is -2.18. The average Bonchev–Trinajstić information content (AvgIpc) is 3.53. The monoisotopic (exact) mass is 494 g/mol. The van der Waals surface area contributed by atoms with Gasteiger partial charge in [-0.25, -0.2) is 4.98 Å². The van der Waals surface area contributed by atoms with Crippen LogP contribution in [0.4, 0.5) is 0 Å². The quantitative estimate of drug-likeness (QED) is 0.428. The first kappa shape index (κ1) is 25.1. The fourth-order valence-electron chi connectivity index (χ4n) is 3.88. The highest BCUT2D eigenvalue weighted by atomic mass is 16.5. The molecule has 11 heteroatoms. The lowest BCUT2D eigenvalue weighted by Crippen LogP contribution is -2.49. The van der Waals surface area contributed by atoms with Crippen LogP contribution in [0.3, 0.4) is 0 Å². The molecule has 0 spiro atoms. The Hall–Kier alpha value is -3.99. The van der Waals surface area contributed by atoms with Gasteiger partial charge in [0.1, 0.15) is 18.3 Å². The minimum atomic E-state index is -0.818. The molecule has 4 bridgehead atoms. The third kappa shape index (κ3) is 6.57. The van der Waals surface area contributed by atoms with Crippen molar-refractivity contribution in [3.63, 3.8) is 0 Å². The Balaban J connectivity index is 1.60. The van der Waals surface area contributed by atoms with E-state index in [1.165, 1.54) is 6.26 Å². The second kappa shape index (κ2) is 11.6. The van der Waals surface area contributed by atoms with Crippen molar-refractivity contribution in [2.24, 2.45) is 5.92 Å². The molecule has 11 nitrogen and oxygen atoms in total. The van der Waals surface area contributed by atoms with E-state index in [9.17, 15) is 14.4 Å². The lowest BCUT2D eigenvalue weighted by atomic mass is 10.0. The van der Waals surface area contributed by atoms with Crippen molar-refractivity contribution in [3.05, 3.63) is 71.3 Å². The van der Waals surface area contributed by atoms with Gasteiger partial charge in [0.25, 0.3) is 11.8 Å². The molecule has 4 N–H and O–H groups in total. The predicted octanol–water partition coefficient (Wildman–Crippen LogP) is 1.74. The third-order valence-corrected chi connectivity index (χ3v) is 5.66. The van der Waals surface area contributed by atoms with E-state index in [0.29, 0.717) is 38.2 Å². The van der Waals surface area contributed by atoms with E-state index in [-0.39, 0.29) is 29.1 Å². The number of hydrogen-bond donors (Lipinski definition) is 4. The number of carbonyl (C=O) groups excluding carboxylic acids is 3. The first-order valence-electron chi connectivity index (χ1n) is 11.9. The summed E-state index contributed by atoms with van der Waals surface area (Å²) in [4.78, 5) is 43.1. The summed E-state index contributed by atoms with van der Waals surface area (Å²) < 4.78 is 10.8. The van der Waals surface area contributed by atoms with Gasteiger partial charge >= 0.3 is 0 Å². The first-order chi connectivity index (χ1) is 17.4. The molecule has 0 fully saturated rings. The highest BCUT2D eigenvalue weighted by Crippen LogP contribution is 2.22. The summed E-state index contributed by atoms with van der Waals surface area (Å²) in [7, 11) is 0. The van der Waals surface area contributed by atoms with E-state index in [1.54, 1.807) is 6.07 Å². The van der Waals surface area contributed by atoms with Crippen LogP contribution in [0.25, 0.3) is 0 Å². The van der Waals surface area contributed by atoms with E-state index >= 15 is 0 Å². The van der Waals surface area contributed by atoms with Gasteiger partial charge in [-0.05, 0) is 17.9 Å². The van der Waals surface area contributed by atoms with Gasteiger partial charge in [0.2, 0.25) is 11.8 Å². The van der Waals surface area contributed by atoms with Gasteiger partial charge in [0, 0.05) is 25.6 Å². The summed E-state index contributed by atoms with van der Waals surface area (Å²) in [5.41, 5.74) is 1.05. The number of amides is 3. The second-order valence-electron chi connectivity index (χ2n) is 9.09. The summed E-state index contributed by atoms with van der Waals surface area (Å²) in [6, 6.07) is 9.59. The van der Waals surface area contributed by atoms with Crippen LogP contribution in [0.1, 0.15) is 64.5 Å². The highest BCUT2D eigenvalue weighted by molar-refractivity contribution is 5.96. The fraction of sp³-hybridized carbons (Fsp3) is 0.400. The second-order valence-corrected chi connectivity index (χ2v) is 9.09. The Morgan fingerprint density at radius 2 is 1.75 bits per heavy atom. The maximum atomic E-state index is 13.0. The maximum Gasteiger partial charge on any atom is 0.274 e. The van der Waals surface area contributed by atoms with E-state index in [2.05, 4.69) is 31.4 Å². The van der Waals surface area contributed by atoms with Crippen molar-refractivity contribution in [1.82, 2.24) is 31.4 Å². The number of nitrogens with zero attached hydrogens (tertiary/aromatic N) is 2. The van der Waals surface area contributed by atoms with Crippen molar-refractivity contribution in [1.29, 1.82) is 0 Å². The molecule has 0 saturated heterocycles. The minimum absolute atomic E-state index is 0.0189. The van der Waals surface area contributed by atoms with E-state index < -0.39 is 23.9 Å². The number of benzene rings is 1. The lowest BCUT2D eigenvalue weighted by molar-refractivity contribution is -0.122. The van der Waals surface area contributed by atoms with Gasteiger partial charge < -0.3 is 30.2 Å². The smallest absolute Gasteiger partial charge is 0.274 e. The number of hydrogen-bond acceptors (Lipinski definition) is 8. The van der Waals surface area contributed by atoms with Crippen LogP contribution in [0, 0.1) is 5.92 Å². The summed E-state index contributed by atoms with van der Waals surface area (Å²) in [6.07, 6.45) is 2.07. The van der Waals surface area contributed by atoms with Gasteiger partial charge in [-0.2, -0.15) is 0 Å². The Morgan fingerprint density at radius 1 is 1.00 bits per heavy atom. The molecule has 190 valence electrons. The first-order valence-corrected chi connectivity index (χ1v) is 11.9. The van der Waals surface area contributed by atoms with E-state index in [1.807, 2.05) is 44.2 Å². The molecule has 0 radical (unpaired) electrons. The topological polar surface area (TPSA) is 151 Å². The summed E-state index contributed by atoms with van der Waals surface area (Å²) in [5, 5.41) is 15.5. The SMILES string of the molecule is CC(C)C[C@H]1NC(=O)c2cc(on2)CNCCNC(=O)[C@H](Cc2ccccc2)NC(=O)c2coc1n2. The number of rotatable bonds is 4. The molecule has 1 aliphatic rings. The molecule has 36 heavy (non-hydrogen) atoms. The molecule has 1 aromatic carbocycles. The van der Waals surface area contributed by atoms with Crippen molar-refractivity contribution >= 4 is 17.7 Å². The molecule has 3 heterocycles. The fourth-order valence-corrected chi connectivity index (χ4v) is 3.88. The predicted molar refractivity (Wildman–Crippen MR) is 129 cm³/mol. The zero-order chi connectivity index (χ0) is 25.5. The Labute approximate surface area is 208 Å². The largest absolute Gasteiger partial charge is 0.446 e. The Bertz CT molecular complexity index is 1190. The van der Waals surface area contributed by atoms with Crippen molar-refractivity contribution in [2.45, 2.75) is 45.3 Å². The van der Waals surface area contributed by atoms with Crippen molar-refractivity contribution in [3.8, 4) is 0 Å². The van der Waals surface area contributed by atoms with Crippen LogP contribution in [0.2, 0.25) is 0 Å². The van der Waals surface area contributed by atoms with Gasteiger partial charge in [-0.3, -0.25) is 14.4 Å². The molecule has 2 atom stereocenters. The van der Waals surface area contributed by atoms with Crippen LogP contribution in [-0.4, -0.2) is 47.0 Å². The zero-order valence-corrected chi connectivity index (χ0v) is 20.2. The van der Waals surface area contributed by atoms with Crippen LogP contribution in [0.5, 0.6) is 0 Å². The summed E-state index contributed by atoms with van der Waals surface area (Å²) in [6.45, 7) is 5.11. The third-order valence-electron chi connectivity index (χ3n) is 5.66. The number of oxazole rings is 1. The number of nitrogens with one attached hydrogen (secondary N) is 4. The van der Waals surface area contributed by atoms with E-state index in [0.717, 1.165) is 5.56 Å². The van der Waals surface area contributed by atoms with Crippen LogP contribution in [0.15, 0.2) is 51.6 Å².